The van der Waals surface area contributed by atoms with Crippen LogP contribution in [0.5, 0.6) is 0 Å². The van der Waals surface area contributed by atoms with E-state index < -0.39 is 10.1 Å². The lowest BCUT2D eigenvalue weighted by atomic mass is 10.2. The second kappa shape index (κ2) is 5.48. The second-order valence-electron chi connectivity index (χ2n) is 2.80. The maximum Gasteiger partial charge on any atom is 0.290 e. The number of hydrogen-bond acceptors (Lipinski definition) is 3. The summed E-state index contributed by atoms with van der Waals surface area (Å²) in [6.07, 6.45) is 2.70. The first-order valence-corrected chi connectivity index (χ1v) is 5.83. The van der Waals surface area contributed by atoms with Crippen LogP contribution in [-0.2, 0) is 20.9 Å². The van der Waals surface area contributed by atoms with Crippen molar-refractivity contribution in [3.63, 3.8) is 0 Å². The molecule has 0 spiro atoms. The van der Waals surface area contributed by atoms with E-state index >= 15 is 0 Å². The zero-order valence-corrected chi connectivity index (χ0v) is 8.98. The van der Waals surface area contributed by atoms with E-state index in [-0.39, 0.29) is 6.61 Å². The van der Waals surface area contributed by atoms with Crippen molar-refractivity contribution in [2.24, 2.45) is 0 Å². The first-order chi connectivity index (χ1) is 7.14. The van der Waals surface area contributed by atoms with E-state index in [2.05, 4.69) is 6.58 Å². The van der Waals surface area contributed by atoms with Gasteiger partial charge >= 0.3 is 0 Å². The van der Waals surface area contributed by atoms with Crippen LogP contribution in [0, 0.1) is 0 Å². The molecule has 0 bridgehead atoms. The Morgan fingerprint density at radius 3 is 2.53 bits per heavy atom. The summed E-state index contributed by atoms with van der Waals surface area (Å²) in [6.45, 7) is 3.42. The van der Waals surface area contributed by atoms with Gasteiger partial charge in [0.1, 0.15) is 0 Å². The standard InChI is InChI=1S/C11H12O3S/c1-2-3-9-15(12,13)14-10-11-7-5-4-6-8-11/h2-9H,1,10H2. The van der Waals surface area contributed by atoms with E-state index in [0.717, 1.165) is 11.0 Å². The van der Waals surface area contributed by atoms with E-state index in [1.54, 1.807) is 12.1 Å². The highest BCUT2D eigenvalue weighted by Crippen LogP contribution is 2.05. The fraction of sp³-hybridized carbons (Fsp3) is 0.0909. The molecular weight excluding hydrogens is 212 g/mol. The van der Waals surface area contributed by atoms with Crippen LogP contribution in [0.4, 0.5) is 0 Å². The lowest BCUT2D eigenvalue weighted by molar-refractivity contribution is 0.314. The molecule has 0 radical (unpaired) electrons. The molecule has 0 aliphatic rings. The number of hydrogen-bond donors (Lipinski definition) is 0. The molecule has 4 heteroatoms. The largest absolute Gasteiger partial charge is 0.290 e. The topological polar surface area (TPSA) is 43.4 Å². The van der Waals surface area contributed by atoms with Gasteiger partial charge in [-0.3, -0.25) is 4.18 Å². The van der Waals surface area contributed by atoms with Crippen molar-refractivity contribution in [3.8, 4) is 0 Å². The summed E-state index contributed by atoms with van der Waals surface area (Å²) in [5, 5.41) is 0.975. The van der Waals surface area contributed by atoms with Crippen molar-refractivity contribution >= 4 is 10.1 Å². The van der Waals surface area contributed by atoms with Crippen LogP contribution >= 0.6 is 0 Å². The predicted molar refractivity (Wildman–Crippen MR) is 59.5 cm³/mol. The number of rotatable bonds is 5. The predicted octanol–water partition coefficient (Wildman–Crippen LogP) is 2.23. The molecule has 3 nitrogen and oxygen atoms in total. The Morgan fingerprint density at radius 1 is 1.27 bits per heavy atom. The Morgan fingerprint density at radius 2 is 1.93 bits per heavy atom. The molecule has 0 N–H and O–H groups in total. The van der Waals surface area contributed by atoms with E-state index in [0.29, 0.717) is 0 Å². The average molecular weight is 224 g/mol. The molecule has 0 amide bonds. The SMILES string of the molecule is C=CC=CS(=O)(=O)OCc1ccccc1. The minimum Gasteiger partial charge on any atom is -0.262 e. The van der Waals surface area contributed by atoms with Gasteiger partial charge in [-0.15, -0.1) is 0 Å². The zero-order chi connectivity index (χ0) is 11.1. The third-order valence-corrected chi connectivity index (χ3v) is 2.55. The minimum atomic E-state index is -3.59. The van der Waals surface area contributed by atoms with Crippen molar-refractivity contribution in [2.75, 3.05) is 0 Å². The van der Waals surface area contributed by atoms with Crippen molar-refractivity contribution in [1.82, 2.24) is 0 Å². The third kappa shape index (κ3) is 4.58. The van der Waals surface area contributed by atoms with Gasteiger partial charge in [0.05, 0.1) is 12.0 Å². The first-order valence-electron chi connectivity index (χ1n) is 4.36. The highest BCUT2D eigenvalue weighted by molar-refractivity contribution is 7.89. The number of benzene rings is 1. The van der Waals surface area contributed by atoms with E-state index in [4.69, 9.17) is 4.18 Å². The van der Waals surface area contributed by atoms with Crippen LogP contribution < -0.4 is 0 Å². The molecule has 0 saturated heterocycles. The Balaban J connectivity index is 2.58. The fourth-order valence-corrected chi connectivity index (χ4v) is 1.60. The van der Waals surface area contributed by atoms with Gasteiger partial charge < -0.3 is 0 Å². The number of allylic oxidation sites excluding steroid dienone is 2. The van der Waals surface area contributed by atoms with Gasteiger partial charge in [-0.2, -0.15) is 8.42 Å². The van der Waals surface area contributed by atoms with Gasteiger partial charge in [-0.1, -0.05) is 43.0 Å². The van der Waals surface area contributed by atoms with E-state index in [9.17, 15) is 8.42 Å². The normalized spacial score (nSPS) is 11.7. The summed E-state index contributed by atoms with van der Waals surface area (Å²) >= 11 is 0. The molecule has 0 aliphatic heterocycles. The van der Waals surface area contributed by atoms with E-state index in [1.807, 2.05) is 18.2 Å². The maximum absolute atomic E-state index is 11.2. The molecule has 1 rings (SSSR count). The summed E-state index contributed by atoms with van der Waals surface area (Å²) in [5.74, 6) is 0. The highest BCUT2D eigenvalue weighted by atomic mass is 32.2. The third-order valence-electron chi connectivity index (χ3n) is 1.61. The monoisotopic (exact) mass is 224 g/mol. The van der Waals surface area contributed by atoms with Gasteiger partial charge in [-0.25, -0.2) is 0 Å². The summed E-state index contributed by atoms with van der Waals surface area (Å²) in [6, 6.07) is 9.10. The maximum atomic E-state index is 11.2. The lowest BCUT2D eigenvalue weighted by Crippen LogP contribution is -2.01. The molecular formula is C11H12O3S. The van der Waals surface area contributed by atoms with Crippen LogP contribution in [0.25, 0.3) is 0 Å². The quantitative estimate of drug-likeness (QED) is 0.569. The zero-order valence-electron chi connectivity index (χ0n) is 8.17. The Bertz CT molecular complexity index is 432. The fourth-order valence-electron chi connectivity index (χ4n) is 0.915. The van der Waals surface area contributed by atoms with Crippen molar-refractivity contribution in [2.45, 2.75) is 6.61 Å². The molecule has 1 aromatic carbocycles. The molecule has 80 valence electrons. The lowest BCUT2D eigenvalue weighted by Gasteiger charge is -2.00. The van der Waals surface area contributed by atoms with Gasteiger partial charge in [0.2, 0.25) is 0 Å². The molecule has 15 heavy (non-hydrogen) atoms. The smallest absolute Gasteiger partial charge is 0.262 e. The molecule has 0 atom stereocenters. The summed E-state index contributed by atoms with van der Waals surface area (Å²) in [7, 11) is -3.59. The van der Waals surface area contributed by atoms with Gasteiger partial charge in [0.15, 0.2) is 0 Å². The minimum absolute atomic E-state index is 0.0463. The highest BCUT2D eigenvalue weighted by Gasteiger charge is 2.05. The molecule has 1 aromatic rings. The van der Waals surface area contributed by atoms with Crippen molar-refractivity contribution < 1.29 is 12.6 Å². The molecule has 0 aromatic heterocycles. The van der Waals surface area contributed by atoms with Gasteiger partial charge in [-0.05, 0) is 11.6 Å². The Hall–Kier alpha value is -1.39. The Kier molecular flexibility index (Phi) is 4.27. The van der Waals surface area contributed by atoms with Crippen molar-refractivity contribution in [1.29, 1.82) is 0 Å². The van der Waals surface area contributed by atoms with Crippen LogP contribution in [0.1, 0.15) is 5.56 Å². The van der Waals surface area contributed by atoms with Crippen LogP contribution in [0.2, 0.25) is 0 Å². The molecule has 0 unspecified atom stereocenters. The summed E-state index contributed by atoms with van der Waals surface area (Å²) in [5.41, 5.74) is 0.813. The summed E-state index contributed by atoms with van der Waals surface area (Å²) < 4.78 is 27.2. The Labute approximate surface area is 89.8 Å². The van der Waals surface area contributed by atoms with Gasteiger partial charge in [0.25, 0.3) is 10.1 Å². The summed E-state index contributed by atoms with van der Waals surface area (Å²) in [4.78, 5) is 0. The molecule has 0 heterocycles. The van der Waals surface area contributed by atoms with E-state index in [1.165, 1.54) is 12.2 Å². The molecule has 0 saturated carbocycles. The average Bonchev–Trinajstić information content (AvgIpc) is 2.25. The molecule has 0 fully saturated rings. The van der Waals surface area contributed by atoms with Crippen LogP contribution in [0.15, 0.2) is 54.5 Å². The van der Waals surface area contributed by atoms with Gasteiger partial charge in [0, 0.05) is 0 Å². The second-order valence-corrected chi connectivity index (χ2v) is 4.30. The van der Waals surface area contributed by atoms with Crippen LogP contribution in [0.3, 0.4) is 0 Å². The first kappa shape index (κ1) is 11.7. The van der Waals surface area contributed by atoms with Crippen LogP contribution in [-0.4, -0.2) is 8.42 Å². The molecule has 0 aliphatic carbocycles. The van der Waals surface area contributed by atoms with Crippen molar-refractivity contribution in [3.05, 3.63) is 60.0 Å².